The van der Waals surface area contributed by atoms with Crippen molar-refractivity contribution >= 4 is 18.0 Å². The van der Waals surface area contributed by atoms with Crippen molar-refractivity contribution in [3.8, 4) is 5.75 Å². The van der Waals surface area contributed by atoms with Gasteiger partial charge in [0.15, 0.2) is 0 Å². The van der Waals surface area contributed by atoms with Gasteiger partial charge in [-0.05, 0) is 109 Å². The number of carbonyl (C=O) groups is 2. The first kappa shape index (κ1) is 32.1. The molecule has 6 nitrogen and oxygen atoms in total. The van der Waals surface area contributed by atoms with Gasteiger partial charge in [-0.3, -0.25) is 4.79 Å². The van der Waals surface area contributed by atoms with Crippen molar-refractivity contribution in [2.75, 3.05) is 0 Å². The molecule has 0 bridgehead atoms. The number of phenolic OH excluding ortho intramolecular Hbond substituents is 1. The molecule has 0 saturated heterocycles. The lowest BCUT2D eigenvalue weighted by molar-refractivity contribution is -0.238. The van der Waals surface area contributed by atoms with Crippen LogP contribution in [0.4, 0.5) is 0 Å². The number of hydrogen-bond donors (Lipinski definition) is 3. The Kier molecular flexibility index (Phi) is 7.55. The smallest absolute Gasteiger partial charge is 0.331 e. The van der Waals surface area contributed by atoms with Crippen LogP contribution < -0.4 is 0 Å². The number of aromatic hydroxyl groups is 1. The summed E-state index contributed by atoms with van der Waals surface area (Å²) >= 11 is 0. The fourth-order valence-electron chi connectivity index (χ4n) is 11.9. The average molecular weight is 617 g/mol. The Morgan fingerprint density at radius 2 is 1.69 bits per heavy atom. The van der Waals surface area contributed by atoms with E-state index in [0.29, 0.717) is 25.2 Å². The Morgan fingerprint density at radius 3 is 2.36 bits per heavy atom. The Labute approximate surface area is 268 Å². The second-order valence-corrected chi connectivity index (χ2v) is 16.6. The fourth-order valence-corrected chi connectivity index (χ4v) is 11.9. The van der Waals surface area contributed by atoms with Gasteiger partial charge in [-0.25, -0.2) is 4.79 Å². The minimum atomic E-state index is -0.791. The molecule has 1 aromatic rings. The summed E-state index contributed by atoms with van der Waals surface area (Å²) < 4.78 is 6.04. The topological polar surface area (TPSA) is 104 Å². The molecule has 1 aromatic carbocycles. The number of fused-ring (bicyclic) bond motifs is 7. The summed E-state index contributed by atoms with van der Waals surface area (Å²) in [6.45, 7) is 18.1. The minimum Gasteiger partial charge on any atom is -0.508 e. The molecule has 10 atom stereocenters. The van der Waals surface area contributed by atoms with Crippen molar-refractivity contribution in [1.29, 1.82) is 0 Å². The van der Waals surface area contributed by atoms with Crippen molar-refractivity contribution < 1.29 is 29.6 Å². The summed E-state index contributed by atoms with van der Waals surface area (Å²) in [5.41, 5.74) is 1.81. The predicted octanol–water partition coefficient (Wildman–Crippen LogP) is 7.95. The third kappa shape index (κ3) is 4.52. The van der Waals surface area contributed by atoms with Crippen molar-refractivity contribution in [3.63, 3.8) is 0 Å². The molecule has 6 heteroatoms. The van der Waals surface area contributed by atoms with E-state index in [0.717, 1.165) is 37.7 Å². The highest BCUT2D eigenvalue weighted by Gasteiger charge is 2.70. The zero-order valence-electron chi connectivity index (χ0n) is 27.9. The van der Waals surface area contributed by atoms with Crippen LogP contribution >= 0.6 is 0 Å². The van der Waals surface area contributed by atoms with E-state index in [9.17, 15) is 24.9 Å². The molecule has 4 saturated carbocycles. The standard InChI is InChI=1S/C39H52O6/c1-23-16-19-39(34(43)44)21-20-37(6)27(32(39)24(23)2)13-14-30-36(5)22-28(41)33(35(3,4)29(36)17-18-38(30,37)7)45-31(42)15-10-25-8-11-26(40)12-9-25/h8-13,15,24,28-30,32-33,40-41H,1,14,16-22H2,2-7H3,(H,43,44)/b15-10-/t24-,28+,29-,30+,32-,33+,36-,37+,38+,39-/m0/s1. The quantitative estimate of drug-likeness (QED) is 0.180. The lowest BCUT2D eigenvalue weighted by Crippen LogP contribution is -2.67. The van der Waals surface area contributed by atoms with Crippen LogP contribution in [-0.2, 0) is 14.3 Å². The van der Waals surface area contributed by atoms with Crippen LogP contribution in [0.5, 0.6) is 5.75 Å². The molecule has 45 heavy (non-hydrogen) atoms. The molecular formula is C39H52O6. The Hall–Kier alpha value is -2.86. The first-order chi connectivity index (χ1) is 21.0. The maximum Gasteiger partial charge on any atom is 0.331 e. The molecule has 3 N–H and O–H groups in total. The van der Waals surface area contributed by atoms with Crippen LogP contribution in [0.15, 0.2) is 54.1 Å². The molecule has 0 radical (unpaired) electrons. The second kappa shape index (κ2) is 10.6. The first-order valence-corrected chi connectivity index (χ1v) is 17.0. The van der Waals surface area contributed by atoms with Gasteiger partial charge in [0.05, 0.1) is 11.5 Å². The van der Waals surface area contributed by atoms with E-state index in [2.05, 4.69) is 54.2 Å². The minimum absolute atomic E-state index is 0.0230. The van der Waals surface area contributed by atoms with Crippen molar-refractivity contribution in [1.82, 2.24) is 0 Å². The second-order valence-electron chi connectivity index (χ2n) is 16.6. The van der Waals surface area contributed by atoms with Gasteiger partial charge in [0, 0.05) is 17.4 Å². The summed E-state index contributed by atoms with van der Waals surface area (Å²) in [7, 11) is 0. The van der Waals surface area contributed by atoms with Gasteiger partial charge in [0.2, 0.25) is 0 Å². The lowest BCUT2D eigenvalue weighted by atomic mass is 9.33. The lowest BCUT2D eigenvalue weighted by Gasteiger charge is -2.71. The van der Waals surface area contributed by atoms with Gasteiger partial charge in [0.25, 0.3) is 0 Å². The maximum atomic E-state index is 13.0. The van der Waals surface area contributed by atoms with E-state index in [1.165, 1.54) is 17.2 Å². The number of ether oxygens (including phenoxy) is 1. The number of esters is 1. The average Bonchev–Trinajstić information content (AvgIpc) is 2.97. The number of aliphatic carboxylic acids is 1. The Balaban J connectivity index is 1.30. The van der Waals surface area contributed by atoms with Crippen LogP contribution in [0.3, 0.4) is 0 Å². The number of rotatable bonds is 4. The first-order valence-electron chi connectivity index (χ1n) is 17.0. The number of allylic oxidation sites excluding steroid dienone is 3. The summed E-state index contributed by atoms with van der Waals surface area (Å²) in [5.74, 6) is -0.274. The summed E-state index contributed by atoms with van der Waals surface area (Å²) in [4.78, 5) is 26.0. The molecule has 5 aliphatic rings. The summed E-state index contributed by atoms with van der Waals surface area (Å²) in [6.07, 6.45) is 10.5. The van der Waals surface area contributed by atoms with E-state index in [-0.39, 0.29) is 39.7 Å². The highest BCUT2D eigenvalue weighted by atomic mass is 16.6. The molecule has 0 unspecified atom stereocenters. The SMILES string of the molecule is C=C1CC[C@]2(C(=O)O)CC[C@]3(C)C(=CC[C@@H]4[C@@]5(C)C[C@@H](O)[C@@H](OC(=O)/C=C\c6ccc(O)cc6)C(C)(C)[C@@H]5CC[C@]43C)[C@@H]2[C@H]1C. The Morgan fingerprint density at radius 1 is 1.00 bits per heavy atom. The maximum absolute atomic E-state index is 13.0. The number of aliphatic hydroxyl groups excluding tert-OH is 1. The summed E-state index contributed by atoms with van der Waals surface area (Å²) in [5, 5.41) is 31.9. The van der Waals surface area contributed by atoms with Gasteiger partial charge < -0.3 is 20.1 Å². The van der Waals surface area contributed by atoms with Crippen LogP contribution in [0.1, 0.15) is 98.5 Å². The fraction of sp³-hybridized carbons (Fsp3) is 0.641. The number of benzene rings is 1. The van der Waals surface area contributed by atoms with E-state index >= 15 is 0 Å². The third-order valence-corrected chi connectivity index (χ3v) is 14.4. The molecular weight excluding hydrogens is 564 g/mol. The molecule has 0 spiro atoms. The molecule has 6 rings (SSSR count). The van der Waals surface area contributed by atoms with Crippen LogP contribution in [-0.4, -0.2) is 39.5 Å². The summed E-state index contributed by atoms with van der Waals surface area (Å²) in [6, 6.07) is 6.60. The largest absolute Gasteiger partial charge is 0.508 e. The molecule has 4 fully saturated rings. The van der Waals surface area contributed by atoms with Crippen molar-refractivity contribution in [2.24, 2.45) is 50.7 Å². The van der Waals surface area contributed by atoms with Crippen LogP contribution in [0.2, 0.25) is 0 Å². The van der Waals surface area contributed by atoms with E-state index in [4.69, 9.17) is 4.74 Å². The molecule has 0 amide bonds. The Bertz CT molecular complexity index is 1450. The van der Waals surface area contributed by atoms with Gasteiger partial charge in [-0.2, -0.15) is 0 Å². The highest BCUT2D eigenvalue weighted by molar-refractivity contribution is 5.87. The van der Waals surface area contributed by atoms with E-state index in [1.807, 2.05) is 0 Å². The van der Waals surface area contributed by atoms with Gasteiger partial charge >= 0.3 is 11.9 Å². The van der Waals surface area contributed by atoms with Crippen molar-refractivity contribution in [2.45, 2.75) is 105 Å². The van der Waals surface area contributed by atoms with Crippen LogP contribution in [0, 0.1) is 50.7 Å². The predicted molar refractivity (Wildman–Crippen MR) is 175 cm³/mol. The number of carboxylic acid groups (broad SMARTS) is 1. The van der Waals surface area contributed by atoms with Gasteiger partial charge in [-0.1, -0.05) is 77.5 Å². The molecule has 0 aromatic heterocycles. The molecule has 0 aliphatic heterocycles. The zero-order valence-corrected chi connectivity index (χ0v) is 27.9. The van der Waals surface area contributed by atoms with E-state index in [1.54, 1.807) is 30.3 Å². The number of aliphatic hydroxyl groups is 1. The highest BCUT2D eigenvalue weighted by Crippen LogP contribution is 2.75. The van der Waals surface area contributed by atoms with Gasteiger partial charge in [-0.15, -0.1) is 0 Å². The number of phenols is 1. The van der Waals surface area contributed by atoms with Gasteiger partial charge in [0.1, 0.15) is 11.9 Å². The monoisotopic (exact) mass is 616 g/mol. The van der Waals surface area contributed by atoms with E-state index < -0.39 is 35.0 Å². The third-order valence-electron chi connectivity index (χ3n) is 14.4. The normalized spacial score (nSPS) is 43.7. The number of hydrogen-bond acceptors (Lipinski definition) is 5. The number of carbonyl (C=O) groups excluding carboxylic acids is 1. The van der Waals surface area contributed by atoms with Crippen molar-refractivity contribution in [3.05, 3.63) is 59.7 Å². The zero-order chi connectivity index (χ0) is 32.7. The number of carboxylic acids is 1. The van der Waals surface area contributed by atoms with Crippen LogP contribution in [0.25, 0.3) is 6.08 Å². The molecule has 244 valence electrons. The molecule has 0 heterocycles. The molecule has 5 aliphatic carbocycles.